The summed E-state index contributed by atoms with van der Waals surface area (Å²) in [7, 11) is 0. The highest BCUT2D eigenvalue weighted by Gasteiger charge is 2.22. The molecule has 0 amide bonds. The van der Waals surface area contributed by atoms with Crippen LogP contribution in [0.25, 0.3) is 5.65 Å². The maximum Gasteiger partial charge on any atom is 0.337 e. The van der Waals surface area contributed by atoms with Gasteiger partial charge in [-0.25, -0.2) is 4.79 Å². The molecule has 2 heterocycles. The van der Waals surface area contributed by atoms with E-state index in [1.165, 1.54) is 12.3 Å². The minimum Gasteiger partial charge on any atom is -0.478 e. The molecule has 0 spiro atoms. The van der Waals surface area contributed by atoms with E-state index in [2.05, 4.69) is 10.2 Å². The quantitative estimate of drug-likeness (QED) is 0.847. The molecule has 0 atom stereocenters. The molecule has 0 aliphatic heterocycles. The topological polar surface area (TPSA) is 67.5 Å². The summed E-state index contributed by atoms with van der Waals surface area (Å²) in [6.07, 6.45) is 1.49. The Morgan fingerprint density at radius 3 is 2.59 bits per heavy atom. The molecule has 2 aromatic rings. The fraction of sp³-hybridized carbons (Fsp3) is 0.364. The van der Waals surface area contributed by atoms with Gasteiger partial charge < -0.3 is 5.11 Å². The molecule has 0 aromatic carbocycles. The van der Waals surface area contributed by atoms with E-state index >= 15 is 0 Å². The van der Waals surface area contributed by atoms with Crippen LogP contribution in [0.4, 0.5) is 0 Å². The molecule has 1 N–H and O–H groups in total. The van der Waals surface area contributed by atoms with Crippen LogP contribution in [0.3, 0.4) is 0 Å². The second-order valence-electron chi connectivity index (χ2n) is 4.85. The van der Waals surface area contributed by atoms with Crippen molar-refractivity contribution >= 4 is 23.2 Å². The van der Waals surface area contributed by atoms with Crippen molar-refractivity contribution in [2.24, 2.45) is 0 Å². The second-order valence-corrected chi connectivity index (χ2v) is 5.26. The molecule has 2 rings (SSSR count). The van der Waals surface area contributed by atoms with Gasteiger partial charge in [-0.3, -0.25) is 4.40 Å². The van der Waals surface area contributed by atoms with Gasteiger partial charge in [0, 0.05) is 11.6 Å². The molecular formula is C11H12ClN3O2. The first kappa shape index (κ1) is 11.9. The van der Waals surface area contributed by atoms with Crippen LogP contribution in [0.1, 0.15) is 37.0 Å². The number of carboxylic acid groups (broad SMARTS) is 1. The van der Waals surface area contributed by atoms with Gasteiger partial charge in [0.15, 0.2) is 5.65 Å². The van der Waals surface area contributed by atoms with Gasteiger partial charge in [-0.2, -0.15) is 0 Å². The minimum absolute atomic E-state index is 0.118. The largest absolute Gasteiger partial charge is 0.478 e. The van der Waals surface area contributed by atoms with E-state index in [1.54, 1.807) is 4.40 Å². The average molecular weight is 254 g/mol. The van der Waals surface area contributed by atoms with Gasteiger partial charge in [0.05, 0.1) is 10.6 Å². The van der Waals surface area contributed by atoms with Crippen molar-refractivity contribution in [3.8, 4) is 0 Å². The van der Waals surface area contributed by atoms with Gasteiger partial charge in [0.2, 0.25) is 0 Å². The van der Waals surface area contributed by atoms with Crippen molar-refractivity contribution in [2.75, 3.05) is 0 Å². The molecule has 0 aliphatic carbocycles. The number of carbonyl (C=O) groups is 1. The molecule has 0 fully saturated rings. The van der Waals surface area contributed by atoms with E-state index in [1.807, 2.05) is 20.8 Å². The van der Waals surface area contributed by atoms with Crippen molar-refractivity contribution in [1.82, 2.24) is 14.6 Å². The summed E-state index contributed by atoms with van der Waals surface area (Å²) in [6, 6.07) is 1.38. The lowest BCUT2D eigenvalue weighted by molar-refractivity contribution is 0.0696. The molecule has 5 nitrogen and oxygen atoms in total. The number of hydrogen-bond acceptors (Lipinski definition) is 3. The number of aromatic nitrogens is 3. The molecule has 0 saturated heterocycles. The first-order chi connectivity index (χ1) is 7.80. The van der Waals surface area contributed by atoms with E-state index < -0.39 is 5.97 Å². The van der Waals surface area contributed by atoms with Gasteiger partial charge >= 0.3 is 5.97 Å². The lowest BCUT2D eigenvalue weighted by atomic mass is 9.96. The number of hydrogen-bond donors (Lipinski definition) is 1. The number of nitrogens with zero attached hydrogens (tertiary/aromatic N) is 3. The zero-order valence-corrected chi connectivity index (χ0v) is 10.5. The van der Waals surface area contributed by atoms with Crippen molar-refractivity contribution in [3.63, 3.8) is 0 Å². The molecule has 2 aromatic heterocycles. The molecule has 17 heavy (non-hydrogen) atoms. The van der Waals surface area contributed by atoms with Crippen LogP contribution in [-0.2, 0) is 5.41 Å². The summed E-state index contributed by atoms with van der Waals surface area (Å²) < 4.78 is 1.63. The molecular weight excluding hydrogens is 242 g/mol. The summed E-state index contributed by atoms with van der Waals surface area (Å²) in [5.41, 5.74) is 0.356. The predicted octanol–water partition coefficient (Wildman–Crippen LogP) is 2.38. The minimum atomic E-state index is -1.03. The summed E-state index contributed by atoms with van der Waals surface area (Å²) >= 11 is 5.98. The smallest absolute Gasteiger partial charge is 0.337 e. The first-order valence-electron chi connectivity index (χ1n) is 5.09. The van der Waals surface area contributed by atoms with Crippen LogP contribution >= 0.6 is 11.6 Å². The van der Waals surface area contributed by atoms with Gasteiger partial charge in [-0.15, -0.1) is 10.2 Å². The summed E-state index contributed by atoms with van der Waals surface area (Å²) in [4.78, 5) is 11.0. The maximum atomic E-state index is 11.0. The number of carboxylic acids is 1. The monoisotopic (exact) mass is 253 g/mol. The highest BCUT2D eigenvalue weighted by atomic mass is 35.5. The lowest BCUT2D eigenvalue weighted by Crippen LogP contribution is -2.16. The molecule has 0 aliphatic rings. The molecule has 0 saturated carbocycles. The second kappa shape index (κ2) is 3.70. The number of rotatable bonds is 1. The SMILES string of the molecule is CC(C)(C)c1nnc2c(Cl)cc(C(=O)O)cn12. The van der Waals surface area contributed by atoms with E-state index in [-0.39, 0.29) is 16.0 Å². The molecule has 0 radical (unpaired) electrons. The fourth-order valence-electron chi connectivity index (χ4n) is 1.58. The van der Waals surface area contributed by atoms with Crippen LogP contribution in [-0.4, -0.2) is 25.7 Å². The van der Waals surface area contributed by atoms with Gasteiger partial charge in [-0.05, 0) is 6.07 Å². The third-order valence-corrected chi connectivity index (χ3v) is 2.66. The van der Waals surface area contributed by atoms with Crippen LogP contribution < -0.4 is 0 Å². The van der Waals surface area contributed by atoms with Crippen molar-refractivity contribution in [3.05, 3.63) is 28.7 Å². The molecule has 90 valence electrons. The van der Waals surface area contributed by atoms with Crippen LogP contribution in [0.5, 0.6) is 0 Å². The summed E-state index contributed by atoms with van der Waals surface area (Å²) in [5.74, 6) is -0.347. The van der Waals surface area contributed by atoms with Crippen molar-refractivity contribution in [2.45, 2.75) is 26.2 Å². The van der Waals surface area contributed by atoms with Crippen LogP contribution in [0, 0.1) is 0 Å². The average Bonchev–Trinajstić information content (AvgIpc) is 2.60. The highest BCUT2D eigenvalue weighted by molar-refractivity contribution is 6.33. The Labute approximate surface area is 103 Å². The Bertz CT molecular complexity index is 599. The number of halogens is 1. The van der Waals surface area contributed by atoms with Crippen LogP contribution in [0.15, 0.2) is 12.3 Å². The fourth-order valence-corrected chi connectivity index (χ4v) is 1.83. The zero-order valence-electron chi connectivity index (χ0n) is 9.73. The Balaban J connectivity index is 2.79. The molecule has 0 unspecified atom stereocenters. The maximum absolute atomic E-state index is 11.0. The first-order valence-corrected chi connectivity index (χ1v) is 5.46. The number of aromatic carboxylic acids is 1. The third-order valence-electron chi connectivity index (χ3n) is 2.38. The van der Waals surface area contributed by atoms with E-state index in [9.17, 15) is 4.79 Å². The highest BCUT2D eigenvalue weighted by Crippen LogP contribution is 2.25. The Hall–Kier alpha value is -1.62. The number of pyridine rings is 1. The third kappa shape index (κ3) is 1.98. The van der Waals surface area contributed by atoms with E-state index in [0.717, 1.165) is 0 Å². The van der Waals surface area contributed by atoms with Crippen molar-refractivity contribution < 1.29 is 9.90 Å². The van der Waals surface area contributed by atoms with E-state index in [4.69, 9.17) is 16.7 Å². The van der Waals surface area contributed by atoms with Crippen LogP contribution in [0.2, 0.25) is 5.02 Å². The van der Waals surface area contributed by atoms with Crippen molar-refractivity contribution in [1.29, 1.82) is 0 Å². The Morgan fingerprint density at radius 2 is 2.06 bits per heavy atom. The summed E-state index contributed by atoms with van der Waals surface area (Å²) in [5, 5.41) is 17.3. The Morgan fingerprint density at radius 1 is 1.41 bits per heavy atom. The van der Waals surface area contributed by atoms with E-state index in [0.29, 0.717) is 11.5 Å². The Kier molecular flexibility index (Phi) is 2.58. The molecule has 0 bridgehead atoms. The van der Waals surface area contributed by atoms with Gasteiger partial charge in [0.1, 0.15) is 5.82 Å². The predicted molar refractivity (Wildman–Crippen MR) is 63.7 cm³/mol. The zero-order chi connectivity index (χ0) is 12.8. The summed E-state index contributed by atoms with van der Waals surface area (Å²) in [6.45, 7) is 5.93. The van der Waals surface area contributed by atoms with Gasteiger partial charge in [-0.1, -0.05) is 32.4 Å². The lowest BCUT2D eigenvalue weighted by Gasteiger charge is -2.15. The molecule has 6 heteroatoms. The number of fused-ring (bicyclic) bond motifs is 1. The normalized spacial score (nSPS) is 12.0. The van der Waals surface area contributed by atoms with Gasteiger partial charge in [0.25, 0.3) is 0 Å². The standard InChI is InChI=1S/C11H12ClN3O2/c1-11(2,3)10-14-13-8-7(12)4-6(9(16)17)5-15(8)10/h4-5H,1-3H3,(H,16,17).